The molecule has 0 spiro atoms. The van der Waals surface area contributed by atoms with Crippen LogP contribution in [-0.2, 0) is 4.79 Å². The first-order valence-electron chi connectivity index (χ1n) is 6.87. The average molecular weight is 322 g/mol. The summed E-state index contributed by atoms with van der Waals surface area (Å²) < 4.78 is 1.79. The third-order valence-electron chi connectivity index (χ3n) is 2.88. The maximum absolute atomic E-state index is 12.0. The van der Waals surface area contributed by atoms with Gasteiger partial charge in [0, 0.05) is 18.3 Å². The molecule has 0 fully saturated rings. The van der Waals surface area contributed by atoms with Crippen molar-refractivity contribution in [3.8, 4) is 0 Å². The Labute approximate surface area is 132 Å². The smallest absolute Gasteiger partial charge is 0.321 e. The van der Waals surface area contributed by atoms with E-state index in [1.165, 1.54) is 11.8 Å². The lowest BCUT2D eigenvalue weighted by atomic mass is 10.4. The Kier molecular flexibility index (Phi) is 4.96. The molecule has 0 radical (unpaired) electrons. The van der Waals surface area contributed by atoms with Crippen molar-refractivity contribution in [1.82, 2.24) is 30.2 Å². The zero-order valence-electron chi connectivity index (χ0n) is 12.9. The molecule has 118 valence electrons. The molecule has 3 amide bonds. The summed E-state index contributed by atoms with van der Waals surface area (Å²) in [4.78, 5) is 27.7. The van der Waals surface area contributed by atoms with E-state index in [9.17, 15) is 9.59 Å². The van der Waals surface area contributed by atoms with E-state index in [2.05, 4.69) is 25.8 Å². The van der Waals surface area contributed by atoms with E-state index >= 15 is 0 Å². The van der Waals surface area contributed by atoms with Gasteiger partial charge in [0.1, 0.15) is 5.82 Å². The van der Waals surface area contributed by atoms with Crippen LogP contribution < -0.4 is 10.6 Å². The second-order valence-corrected chi connectivity index (χ2v) is 6.04. The quantitative estimate of drug-likeness (QED) is 0.817. The number of nitrogens with one attached hydrogen (secondary N) is 2. The largest absolute Gasteiger partial charge is 0.338 e. The van der Waals surface area contributed by atoms with Gasteiger partial charge >= 0.3 is 6.03 Å². The number of urea groups is 1. The molecule has 1 atom stereocenters. The topological polar surface area (TPSA) is 101 Å². The minimum absolute atomic E-state index is 0.384. The number of amides is 3. The molecule has 0 aliphatic heterocycles. The summed E-state index contributed by atoms with van der Waals surface area (Å²) in [6, 6.07) is 1.32. The van der Waals surface area contributed by atoms with Gasteiger partial charge in [0.25, 0.3) is 0 Å². The number of aryl methyl sites for hydroxylation is 2. The second kappa shape index (κ2) is 6.73. The number of carbonyl (C=O) groups is 2. The van der Waals surface area contributed by atoms with Gasteiger partial charge in [-0.2, -0.15) is 0 Å². The first kappa shape index (κ1) is 16.2. The maximum Gasteiger partial charge on any atom is 0.321 e. The standard InChI is InChI=1S/C13H18N6O2S/c1-5-14-12(21)16-11(20)8(3)22-13-18-17-10-6-7(2)15-9(4)19(10)13/h6,8H,5H2,1-4H3,(H2,14,16,20,21)/t8-/m0/s1. The molecule has 0 aliphatic rings. The second-order valence-electron chi connectivity index (χ2n) is 4.73. The van der Waals surface area contributed by atoms with Crippen molar-refractivity contribution in [3.63, 3.8) is 0 Å². The summed E-state index contributed by atoms with van der Waals surface area (Å²) in [5.74, 6) is 0.365. The number of nitrogens with zero attached hydrogens (tertiary/aromatic N) is 4. The third-order valence-corrected chi connectivity index (χ3v) is 3.93. The molecule has 2 N–H and O–H groups in total. The number of carbonyl (C=O) groups excluding carboxylic acids is 2. The van der Waals surface area contributed by atoms with Crippen LogP contribution in [0.15, 0.2) is 11.2 Å². The van der Waals surface area contributed by atoms with Crippen LogP contribution in [0.2, 0.25) is 0 Å². The summed E-state index contributed by atoms with van der Waals surface area (Å²) in [7, 11) is 0. The Bertz CT molecular complexity index is 714. The average Bonchev–Trinajstić information content (AvgIpc) is 2.81. The van der Waals surface area contributed by atoms with Crippen molar-refractivity contribution < 1.29 is 9.59 Å². The molecule has 0 aliphatic carbocycles. The van der Waals surface area contributed by atoms with Crippen LogP contribution in [0.25, 0.3) is 5.65 Å². The Morgan fingerprint density at radius 3 is 2.77 bits per heavy atom. The number of hydrogen-bond donors (Lipinski definition) is 2. The number of imide groups is 1. The Morgan fingerprint density at radius 2 is 2.09 bits per heavy atom. The van der Waals surface area contributed by atoms with E-state index in [-0.39, 0.29) is 5.91 Å². The van der Waals surface area contributed by atoms with E-state index in [4.69, 9.17) is 0 Å². The van der Waals surface area contributed by atoms with Gasteiger partial charge in [-0.25, -0.2) is 9.78 Å². The summed E-state index contributed by atoms with van der Waals surface area (Å²) in [5, 5.41) is 13.0. The van der Waals surface area contributed by atoms with Crippen molar-refractivity contribution in [3.05, 3.63) is 17.6 Å². The van der Waals surface area contributed by atoms with Gasteiger partial charge in [-0.3, -0.25) is 14.5 Å². The third kappa shape index (κ3) is 3.53. The number of rotatable bonds is 4. The van der Waals surface area contributed by atoms with E-state index in [1.807, 2.05) is 19.9 Å². The van der Waals surface area contributed by atoms with Crippen LogP contribution in [0, 0.1) is 13.8 Å². The van der Waals surface area contributed by atoms with Gasteiger partial charge in [-0.15, -0.1) is 10.2 Å². The highest BCUT2D eigenvalue weighted by atomic mass is 32.2. The molecule has 0 saturated carbocycles. The van der Waals surface area contributed by atoms with Gasteiger partial charge in [-0.05, 0) is 27.7 Å². The SMILES string of the molecule is CCNC(=O)NC(=O)[C@H](C)Sc1nnc2cc(C)nc(C)n12. The molecule has 22 heavy (non-hydrogen) atoms. The van der Waals surface area contributed by atoms with Crippen LogP contribution >= 0.6 is 11.8 Å². The van der Waals surface area contributed by atoms with Crippen molar-refractivity contribution in [1.29, 1.82) is 0 Å². The van der Waals surface area contributed by atoms with E-state index in [1.54, 1.807) is 18.2 Å². The molecule has 0 bridgehead atoms. The normalized spacial score (nSPS) is 12.2. The van der Waals surface area contributed by atoms with Crippen LogP contribution in [0.3, 0.4) is 0 Å². The highest BCUT2D eigenvalue weighted by Crippen LogP contribution is 2.23. The zero-order valence-corrected chi connectivity index (χ0v) is 13.7. The van der Waals surface area contributed by atoms with Crippen molar-refractivity contribution in [2.24, 2.45) is 0 Å². The molecule has 2 aromatic rings. The fraction of sp³-hybridized carbons (Fsp3) is 0.462. The van der Waals surface area contributed by atoms with Gasteiger partial charge in [-0.1, -0.05) is 11.8 Å². The maximum atomic E-state index is 12.0. The summed E-state index contributed by atoms with van der Waals surface area (Å²) in [6.45, 7) is 7.68. The lowest BCUT2D eigenvalue weighted by Crippen LogP contribution is -2.42. The number of thioether (sulfide) groups is 1. The first-order chi connectivity index (χ1) is 10.4. The molecule has 9 heteroatoms. The lowest BCUT2D eigenvalue weighted by molar-refractivity contribution is -0.119. The highest BCUT2D eigenvalue weighted by Gasteiger charge is 2.20. The predicted molar refractivity (Wildman–Crippen MR) is 82.8 cm³/mol. The van der Waals surface area contributed by atoms with E-state index in [0.29, 0.717) is 17.3 Å². The molecule has 2 heterocycles. The molecular formula is C13H18N6O2S. The Balaban J connectivity index is 2.13. The minimum atomic E-state index is -0.500. The molecule has 0 saturated heterocycles. The summed E-state index contributed by atoms with van der Waals surface area (Å²) >= 11 is 1.23. The van der Waals surface area contributed by atoms with Crippen molar-refractivity contribution >= 4 is 29.3 Å². The van der Waals surface area contributed by atoms with Gasteiger partial charge in [0.2, 0.25) is 5.91 Å². The lowest BCUT2D eigenvalue weighted by Gasteiger charge is -2.11. The van der Waals surface area contributed by atoms with Crippen LogP contribution in [-0.4, -0.2) is 43.3 Å². The van der Waals surface area contributed by atoms with E-state index < -0.39 is 11.3 Å². The summed E-state index contributed by atoms with van der Waals surface area (Å²) in [6.07, 6.45) is 0. The fourth-order valence-electron chi connectivity index (χ4n) is 1.91. The van der Waals surface area contributed by atoms with Gasteiger partial charge in [0.05, 0.1) is 5.25 Å². The predicted octanol–water partition coefficient (Wildman–Crippen LogP) is 1.07. The molecule has 0 aromatic carbocycles. The Hall–Kier alpha value is -2.16. The van der Waals surface area contributed by atoms with Crippen LogP contribution in [0.5, 0.6) is 0 Å². The zero-order chi connectivity index (χ0) is 16.3. The molecular weight excluding hydrogens is 304 g/mol. The number of fused-ring (bicyclic) bond motifs is 1. The molecule has 2 aromatic heterocycles. The van der Waals surface area contributed by atoms with Crippen LogP contribution in [0.1, 0.15) is 25.4 Å². The van der Waals surface area contributed by atoms with Crippen molar-refractivity contribution in [2.75, 3.05) is 6.54 Å². The minimum Gasteiger partial charge on any atom is -0.338 e. The summed E-state index contributed by atoms with van der Waals surface area (Å²) in [5.41, 5.74) is 1.54. The number of hydrogen-bond acceptors (Lipinski definition) is 6. The molecule has 2 rings (SSSR count). The van der Waals surface area contributed by atoms with Gasteiger partial charge < -0.3 is 5.32 Å². The van der Waals surface area contributed by atoms with Crippen molar-refractivity contribution in [2.45, 2.75) is 38.1 Å². The van der Waals surface area contributed by atoms with Crippen LogP contribution in [0.4, 0.5) is 4.79 Å². The van der Waals surface area contributed by atoms with Gasteiger partial charge in [0.15, 0.2) is 10.8 Å². The monoisotopic (exact) mass is 322 g/mol. The molecule has 0 unspecified atom stereocenters. The number of aromatic nitrogens is 4. The Morgan fingerprint density at radius 1 is 1.36 bits per heavy atom. The highest BCUT2D eigenvalue weighted by molar-refractivity contribution is 8.00. The first-order valence-corrected chi connectivity index (χ1v) is 7.75. The fourth-order valence-corrected chi connectivity index (χ4v) is 2.81. The van der Waals surface area contributed by atoms with E-state index in [0.717, 1.165) is 11.5 Å². The molecule has 8 nitrogen and oxygen atoms in total.